The summed E-state index contributed by atoms with van der Waals surface area (Å²) in [6, 6.07) is 5.56. The second-order valence-corrected chi connectivity index (χ2v) is 3.92. The third kappa shape index (κ3) is 3.57. The van der Waals surface area contributed by atoms with Gasteiger partial charge in [0.05, 0.1) is 0 Å². The third-order valence-electron chi connectivity index (χ3n) is 2.61. The van der Waals surface area contributed by atoms with E-state index >= 15 is 0 Å². The summed E-state index contributed by atoms with van der Waals surface area (Å²) in [6.45, 7) is 2.10. The van der Waals surface area contributed by atoms with Crippen molar-refractivity contribution in [1.29, 1.82) is 0 Å². The molecular weight excluding hydrogens is 204 g/mol. The summed E-state index contributed by atoms with van der Waals surface area (Å²) in [5.41, 5.74) is 1.65. The monoisotopic (exact) mass is 222 g/mol. The van der Waals surface area contributed by atoms with Gasteiger partial charge in [0.1, 0.15) is 5.75 Å². The third-order valence-corrected chi connectivity index (χ3v) is 2.61. The van der Waals surface area contributed by atoms with Gasteiger partial charge in [-0.05, 0) is 30.4 Å². The van der Waals surface area contributed by atoms with Crippen LogP contribution in [0.4, 0.5) is 0 Å². The average molecular weight is 222 g/mol. The highest BCUT2D eigenvalue weighted by Crippen LogP contribution is 2.25. The van der Waals surface area contributed by atoms with Crippen molar-refractivity contribution in [3.63, 3.8) is 0 Å². The fraction of sp³-hybridized carbons (Fsp3) is 0.462. The van der Waals surface area contributed by atoms with Crippen LogP contribution >= 0.6 is 0 Å². The van der Waals surface area contributed by atoms with Gasteiger partial charge < -0.3 is 10.2 Å². The minimum absolute atomic E-state index is 0.0603. The van der Waals surface area contributed by atoms with Crippen molar-refractivity contribution in [2.45, 2.75) is 39.0 Å². The summed E-state index contributed by atoms with van der Waals surface area (Å²) in [4.78, 5) is 10.5. The fourth-order valence-electron chi connectivity index (χ4n) is 1.66. The first-order valence-corrected chi connectivity index (χ1v) is 5.66. The van der Waals surface area contributed by atoms with Gasteiger partial charge in [-0.1, -0.05) is 31.5 Å². The summed E-state index contributed by atoms with van der Waals surface area (Å²) < 4.78 is 0. The van der Waals surface area contributed by atoms with E-state index in [1.807, 2.05) is 12.1 Å². The average Bonchev–Trinajstić information content (AvgIpc) is 2.26. The maximum Gasteiger partial charge on any atom is 0.303 e. The summed E-state index contributed by atoms with van der Waals surface area (Å²) in [5, 5.41) is 18.5. The predicted octanol–water partition coefficient (Wildman–Crippen LogP) is 2.75. The first kappa shape index (κ1) is 12.6. The molecule has 2 N–H and O–H groups in total. The maximum absolute atomic E-state index is 10.5. The molecule has 0 atom stereocenters. The van der Waals surface area contributed by atoms with Gasteiger partial charge >= 0.3 is 5.97 Å². The second-order valence-electron chi connectivity index (χ2n) is 3.92. The van der Waals surface area contributed by atoms with Crippen LogP contribution in [-0.4, -0.2) is 16.2 Å². The van der Waals surface area contributed by atoms with E-state index in [-0.39, 0.29) is 12.2 Å². The Morgan fingerprint density at radius 2 is 1.88 bits per heavy atom. The number of unbranched alkanes of at least 4 members (excludes halogenated alkanes) is 1. The van der Waals surface area contributed by atoms with Gasteiger partial charge in [-0.25, -0.2) is 0 Å². The number of rotatable bonds is 6. The number of aromatic hydroxyl groups is 1. The van der Waals surface area contributed by atoms with Crippen LogP contribution < -0.4 is 0 Å². The van der Waals surface area contributed by atoms with Gasteiger partial charge in [-0.2, -0.15) is 0 Å². The molecule has 0 bridgehead atoms. The number of phenolic OH excluding ortho intramolecular Hbond substituents is 1. The molecule has 0 radical (unpaired) electrons. The zero-order valence-corrected chi connectivity index (χ0v) is 9.57. The van der Waals surface area contributed by atoms with Gasteiger partial charge in [0.2, 0.25) is 0 Å². The van der Waals surface area contributed by atoms with Crippen molar-refractivity contribution in [3.8, 4) is 5.75 Å². The van der Waals surface area contributed by atoms with E-state index in [1.54, 1.807) is 6.07 Å². The van der Waals surface area contributed by atoms with Crippen LogP contribution in [-0.2, 0) is 17.6 Å². The molecule has 1 rings (SSSR count). The molecule has 0 aliphatic heterocycles. The Morgan fingerprint density at radius 1 is 1.25 bits per heavy atom. The first-order chi connectivity index (χ1) is 7.65. The van der Waals surface area contributed by atoms with Crippen molar-refractivity contribution in [1.82, 2.24) is 0 Å². The molecule has 0 heterocycles. The lowest BCUT2D eigenvalue weighted by Gasteiger charge is -2.08. The molecule has 1 aromatic rings. The second kappa shape index (κ2) is 6.16. The lowest BCUT2D eigenvalue weighted by atomic mass is 10.0. The molecule has 3 nitrogen and oxygen atoms in total. The van der Waals surface area contributed by atoms with Crippen molar-refractivity contribution < 1.29 is 15.0 Å². The topological polar surface area (TPSA) is 57.5 Å². The van der Waals surface area contributed by atoms with Crippen LogP contribution in [0.2, 0.25) is 0 Å². The normalized spacial score (nSPS) is 10.3. The zero-order chi connectivity index (χ0) is 12.0. The molecule has 3 heteroatoms. The van der Waals surface area contributed by atoms with Crippen LogP contribution in [0.1, 0.15) is 37.3 Å². The number of carbonyl (C=O) groups is 1. The van der Waals surface area contributed by atoms with Crippen molar-refractivity contribution in [2.24, 2.45) is 0 Å². The van der Waals surface area contributed by atoms with Gasteiger partial charge in [0.15, 0.2) is 0 Å². The van der Waals surface area contributed by atoms with E-state index in [2.05, 4.69) is 6.92 Å². The SMILES string of the molecule is CCCCc1cccc(CCC(=O)O)c1O. The van der Waals surface area contributed by atoms with E-state index in [9.17, 15) is 9.90 Å². The molecule has 1 aromatic carbocycles. The molecule has 0 fully saturated rings. The molecule has 0 aliphatic carbocycles. The number of aliphatic carboxylic acids is 1. The molecule has 0 spiro atoms. The standard InChI is InChI=1S/C13H18O3/c1-2-3-5-10-6-4-7-11(13(10)16)8-9-12(14)15/h4,6-7,16H,2-3,5,8-9H2,1H3,(H,14,15). The number of carboxylic acids is 1. The van der Waals surface area contributed by atoms with Crippen LogP contribution in [0, 0.1) is 0 Å². The number of phenols is 1. The minimum atomic E-state index is -0.835. The van der Waals surface area contributed by atoms with Crippen molar-refractivity contribution in [2.75, 3.05) is 0 Å². The van der Waals surface area contributed by atoms with Crippen LogP contribution in [0.15, 0.2) is 18.2 Å². The number of benzene rings is 1. The maximum atomic E-state index is 10.5. The number of carboxylic acid groups (broad SMARTS) is 1. The Kier molecular flexibility index (Phi) is 4.83. The lowest BCUT2D eigenvalue weighted by Crippen LogP contribution is -1.98. The Hall–Kier alpha value is -1.51. The Bertz CT molecular complexity index is 358. The van der Waals surface area contributed by atoms with E-state index in [4.69, 9.17) is 5.11 Å². The lowest BCUT2D eigenvalue weighted by molar-refractivity contribution is -0.136. The van der Waals surface area contributed by atoms with Crippen molar-refractivity contribution in [3.05, 3.63) is 29.3 Å². The molecule has 0 aromatic heterocycles. The molecule has 0 saturated carbocycles. The highest BCUT2D eigenvalue weighted by Gasteiger charge is 2.08. The van der Waals surface area contributed by atoms with Crippen molar-refractivity contribution >= 4 is 5.97 Å². The highest BCUT2D eigenvalue weighted by molar-refractivity contribution is 5.67. The van der Waals surface area contributed by atoms with Gasteiger partial charge in [0, 0.05) is 6.42 Å². The van der Waals surface area contributed by atoms with Crippen LogP contribution in [0.5, 0.6) is 5.75 Å². The summed E-state index contributed by atoms with van der Waals surface area (Å²) in [5.74, 6) is -0.560. The molecule has 0 amide bonds. The molecular formula is C13H18O3. The fourth-order valence-corrected chi connectivity index (χ4v) is 1.66. The van der Waals surface area contributed by atoms with Crippen LogP contribution in [0.3, 0.4) is 0 Å². The predicted molar refractivity (Wildman–Crippen MR) is 62.7 cm³/mol. The molecule has 0 aliphatic rings. The first-order valence-electron chi connectivity index (χ1n) is 5.66. The van der Waals surface area contributed by atoms with Gasteiger partial charge in [-0.3, -0.25) is 4.79 Å². The summed E-state index contributed by atoms with van der Waals surface area (Å²) >= 11 is 0. The number of hydrogen-bond donors (Lipinski definition) is 2. The Balaban J connectivity index is 2.73. The zero-order valence-electron chi connectivity index (χ0n) is 9.57. The number of aryl methyl sites for hydroxylation is 2. The van der Waals surface area contributed by atoms with Gasteiger partial charge in [0.25, 0.3) is 0 Å². The Labute approximate surface area is 95.7 Å². The van der Waals surface area contributed by atoms with E-state index in [0.717, 1.165) is 30.4 Å². The number of hydrogen-bond acceptors (Lipinski definition) is 2. The quantitative estimate of drug-likeness (QED) is 0.778. The van der Waals surface area contributed by atoms with E-state index in [1.165, 1.54) is 0 Å². The highest BCUT2D eigenvalue weighted by atomic mass is 16.4. The largest absolute Gasteiger partial charge is 0.507 e. The Morgan fingerprint density at radius 3 is 2.44 bits per heavy atom. The molecule has 88 valence electrons. The summed E-state index contributed by atoms with van der Waals surface area (Å²) in [7, 11) is 0. The number of para-hydroxylation sites is 1. The minimum Gasteiger partial charge on any atom is -0.507 e. The smallest absolute Gasteiger partial charge is 0.303 e. The van der Waals surface area contributed by atoms with E-state index < -0.39 is 5.97 Å². The molecule has 0 unspecified atom stereocenters. The molecule has 0 saturated heterocycles. The molecule has 16 heavy (non-hydrogen) atoms. The summed E-state index contributed by atoms with van der Waals surface area (Å²) in [6.07, 6.45) is 3.42. The van der Waals surface area contributed by atoms with E-state index in [0.29, 0.717) is 6.42 Å². The van der Waals surface area contributed by atoms with Crippen LogP contribution in [0.25, 0.3) is 0 Å². The van der Waals surface area contributed by atoms with Gasteiger partial charge in [-0.15, -0.1) is 0 Å².